The number of amides is 1. The van der Waals surface area contributed by atoms with Crippen LogP contribution in [-0.4, -0.2) is 37.0 Å². The summed E-state index contributed by atoms with van der Waals surface area (Å²) in [7, 11) is 0. The van der Waals surface area contributed by atoms with Gasteiger partial charge in [-0.1, -0.05) is 12.8 Å². The van der Waals surface area contributed by atoms with Crippen molar-refractivity contribution in [1.82, 2.24) is 10.6 Å². The predicted octanol–water partition coefficient (Wildman–Crippen LogP) is 0.998. The van der Waals surface area contributed by atoms with E-state index in [4.69, 9.17) is 0 Å². The van der Waals surface area contributed by atoms with Gasteiger partial charge in [0.1, 0.15) is 0 Å². The SMILES string of the molecule is CSCCNC(=O)C1CCCCCN1. The molecule has 1 fully saturated rings. The van der Waals surface area contributed by atoms with Crippen molar-refractivity contribution in [3.8, 4) is 0 Å². The van der Waals surface area contributed by atoms with Gasteiger partial charge in [0.2, 0.25) is 5.91 Å². The monoisotopic (exact) mass is 216 g/mol. The van der Waals surface area contributed by atoms with Crippen molar-refractivity contribution in [2.75, 3.05) is 25.1 Å². The minimum atomic E-state index is 0.0550. The molecule has 0 spiro atoms. The van der Waals surface area contributed by atoms with Crippen molar-refractivity contribution in [1.29, 1.82) is 0 Å². The minimum Gasteiger partial charge on any atom is -0.354 e. The molecule has 0 saturated carbocycles. The van der Waals surface area contributed by atoms with Crippen molar-refractivity contribution in [2.24, 2.45) is 0 Å². The smallest absolute Gasteiger partial charge is 0.237 e. The molecule has 1 rings (SSSR count). The Kier molecular flexibility index (Phi) is 6.03. The van der Waals surface area contributed by atoms with Crippen molar-refractivity contribution < 1.29 is 4.79 Å². The predicted molar refractivity (Wildman–Crippen MR) is 61.7 cm³/mol. The number of carbonyl (C=O) groups is 1. The van der Waals surface area contributed by atoms with E-state index < -0.39 is 0 Å². The van der Waals surface area contributed by atoms with Gasteiger partial charge in [0.05, 0.1) is 6.04 Å². The molecule has 0 aromatic carbocycles. The fourth-order valence-corrected chi connectivity index (χ4v) is 1.96. The third-order valence-corrected chi connectivity index (χ3v) is 3.09. The number of hydrogen-bond acceptors (Lipinski definition) is 3. The summed E-state index contributed by atoms with van der Waals surface area (Å²) in [5.41, 5.74) is 0. The van der Waals surface area contributed by atoms with Gasteiger partial charge in [-0.3, -0.25) is 4.79 Å². The number of thioether (sulfide) groups is 1. The first-order valence-corrected chi connectivity index (χ1v) is 6.74. The highest BCUT2D eigenvalue weighted by molar-refractivity contribution is 7.98. The molecule has 0 aromatic heterocycles. The summed E-state index contributed by atoms with van der Waals surface area (Å²) in [6, 6.07) is 0.0550. The summed E-state index contributed by atoms with van der Waals surface area (Å²) < 4.78 is 0. The number of carbonyl (C=O) groups excluding carboxylic acids is 1. The van der Waals surface area contributed by atoms with Crippen LogP contribution in [0, 0.1) is 0 Å². The maximum absolute atomic E-state index is 11.6. The first-order valence-electron chi connectivity index (χ1n) is 5.34. The zero-order valence-electron chi connectivity index (χ0n) is 8.84. The molecule has 1 unspecified atom stereocenters. The highest BCUT2D eigenvalue weighted by Gasteiger charge is 2.18. The van der Waals surface area contributed by atoms with Gasteiger partial charge in [0.25, 0.3) is 0 Å². The Bertz CT molecular complexity index is 168. The van der Waals surface area contributed by atoms with Crippen molar-refractivity contribution >= 4 is 17.7 Å². The molecule has 0 bridgehead atoms. The lowest BCUT2D eigenvalue weighted by atomic mass is 10.1. The van der Waals surface area contributed by atoms with Gasteiger partial charge in [-0.25, -0.2) is 0 Å². The van der Waals surface area contributed by atoms with Gasteiger partial charge in [-0.05, 0) is 25.6 Å². The van der Waals surface area contributed by atoms with Gasteiger partial charge < -0.3 is 10.6 Å². The summed E-state index contributed by atoms with van der Waals surface area (Å²) in [5.74, 6) is 1.18. The van der Waals surface area contributed by atoms with Gasteiger partial charge in [0.15, 0.2) is 0 Å². The third-order valence-electron chi connectivity index (χ3n) is 2.48. The van der Waals surface area contributed by atoms with E-state index in [9.17, 15) is 4.79 Å². The number of hydrogen-bond donors (Lipinski definition) is 2. The van der Waals surface area contributed by atoms with Crippen LogP contribution in [-0.2, 0) is 4.79 Å². The Morgan fingerprint density at radius 1 is 1.50 bits per heavy atom. The molecule has 0 aliphatic carbocycles. The third kappa shape index (κ3) is 4.33. The lowest BCUT2D eigenvalue weighted by molar-refractivity contribution is -0.123. The first kappa shape index (κ1) is 11.9. The molecular formula is C10H20N2OS. The molecule has 1 atom stereocenters. The Morgan fingerprint density at radius 3 is 3.14 bits per heavy atom. The van der Waals surface area contributed by atoms with E-state index in [2.05, 4.69) is 16.9 Å². The molecular weight excluding hydrogens is 196 g/mol. The second-order valence-electron chi connectivity index (χ2n) is 3.64. The Labute approximate surface area is 90.4 Å². The highest BCUT2D eigenvalue weighted by Crippen LogP contribution is 2.08. The Hall–Kier alpha value is -0.220. The molecule has 82 valence electrons. The normalized spacial score (nSPS) is 22.8. The van der Waals surface area contributed by atoms with Crippen molar-refractivity contribution in [2.45, 2.75) is 31.7 Å². The van der Waals surface area contributed by atoms with E-state index >= 15 is 0 Å². The molecule has 3 nitrogen and oxygen atoms in total. The van der Waals surface area contributed by atoms with Crippen LogP contribution in [0.3, 0.4) is 0 Å². The van der Waals surface area contributed by atoms with Gasteiger partial charge in [-0.2, -0.15) is 11.8 Å². The Morgan fingerprint density at radius 2 is 2.36 bits per heavy atom. The average Bonchev–Trinajstić information content (AvgIpc) is 2.46. The van der Waals surface area contributed by atoms with E-state index in [1.54, 1.807) is 11.8 Å². The van der Waals surface area contributed by atoms with Crippen LogP contribution >= 0.6 is 11.8 Å². The summed E-state index contributed by atoms with van der Waals surface area (Å²) in [6.07, 6.45) is 6.67. The van der Waals surface area contributed by atoms with E-state index in [-0.39, 0.29) is 11.9 Å². The molecule has 2 N–H and O–H groups in total. The molecule has 1 saturated heterocycles. The van der Waals surface area contributed by atoms with Crippen molar-refractivity contribution in [3.05, 3.63) is 0 Å². The van der Waals surface area contributed by atoms with Crippen LogP contribution in [0.4, 0.5) is 0 Å². The standard InChI is InChI=1S/C10H20N2OS/c1-14-8-7-12-10(13)9-5-3-2-4-6-11-9/h9,11H,2-8H2,1H3,(H,12,13). The zero-order valence-corrected chi connectivity index (χ0v) is 9.66. The highest BCUT2D eigenvalue weighted by atomic mass is 32.2. The summed E-state index contributed by atoms with van der Waals surface area (Å²) in [4.78, 5) is 11.6. The largest absolute Gasteiger partial charge is 0.354 e. The molecule has 1 aliphatic rings. The number of nitrogens with one attached hydrogen (secondary N) is 2. The molecule has 1 heterocycles. The maximum atomic E-state index is 11.6. The number of rotatable bonds is 4. The van der Waals surface area contributed by atoms with Crippen LogP contribution in [0.25, 0.3) is 0 Å². The molecule has 0 radical (unpaired) electrons. The van der Waals surface area contributed by atoms with Gasteiger partial charge in [-0.15, -0.1) is 0 Å². The van der Waals surface area contributed by atoms with Crippen LogP contribution < -0.4 is 10.6 Å². The lowest BCUT2D eigenvalue weighted by Crippen LogP contribution is -2.44. The van der Waals surface area contributed by atoms with Crippen LogP contribution in [0.15, 0.2) is 0 Å². The average molecular weight is 216 g/mol. The quantitative estimate of drug-likeness (QED) is 0.689. The van der Waals surface area contributed by atoms with Gasteiger partial charge in [0, 0.05) is 12.3 Å². The van der Waals surface area contributed by atoms with Gasteiger partial charge >= 0.3 is 0 Å². The van der Waals surface area contributed by atoms with Crippen LogP contribution in [0.5, 0.6) is 0 Å². The summed E-state index contributed by atoms with van der Waals surface area (Å²) >= 11 is 1.76. The van der Waals surface area contributed by atoms with E-state index in [0.717, 1.165) is 25.3 Å². The van der Waals surface area contributed by atoms with Crippen LogP contribution in [0.2, 0.25) is 0 Å². The second kappa shape index (κ2) is 7.12. The molecule has 1 amide bonds. The Balaban J connectivity index is 2.20. The van der Waals surface area contributed by atoms with E-state index in [1.165, 1.54) is 19.3 Å². The minimum absolute atomic E-state index is 0.0550. The maximum Gasteiger partial charge on any atom is 0.237 e. The fraction of sp³-hybridized carbons (Fsp3) is 0.900. The van der Waals surface area contributed by atoms with Crippen LogP contribution in [0.1, 0.15) is 25.7 Å². The first-order chi connectivity index (χ1) is 6.84. The zero-order chi connectivity index (χ0) is 10.2. The lowest BCUT2D eigenvalue weighted by Gasteiger charge is -2.15. The molecule has 14 heavy (non-hydrogen) atoms. The van der Waals surface area contributed by atoms with E-state index in [0.29, 0.717) is 0 Å². The van der Waals surface area contributed by atoms with E-state index in [1.807, 2.05) is 0 Å². The second-order valence-corrected chi connectivity index (χ2v) is 4.63. The summed E-state index contributed by atoms with van der Waals surface area (Å²) in [5, 5.41) is 6.25. The summed E-state index contributed by atoms with van der Waals surface area (Å²) in [6.45, 7) is 1.78. The fourth-order valence-electron chi connectivity index (χ4n) is 1.65. The van der Waals surface area contributed by atoms with Crippen molar-refractivity contribution in [3.63, 3.8) is 0 Å². The topological polar surface area (TPSA) is 41.1 Å². The molecule has 1 aliphatic heterocycles. The molecule has 0 aromatic rings. The molecule has 4 heteroatoms.